The monoisotopic (exact) mass is 484 g/mol. The zero-order chi connectivity index (χ0) is 21.3. The van der Waals surface area contributed by atoms with E-state index < -0.39 is 0 Å². The summed E-state index contributed by atoms with van der Waals surface area (Å²) in [6.07, 6.45) is 1.05. The van der Waals surface area contributed by atoms with E-state index in [0.29, 0.717) is 12.6 Å². The zero-order valence-electron chi connectivity index (χ0n) is 19.8. The van der Waals surface area contributed by atoms with Crippen molar-refractivity contribution in [2.75, 3.05) is 53.1 Å². The number of aryl methyl sites for hydroxylation is 2. The van der Waals surface area contributed by atoms with E-state index in [-0.39, 0.29) is 24.8 Å². The van der Waals surface area contributed by atoms with Crippen LogP contribution >= 0.6 is 0 Å². The molecule has 0 amide bonds. The van der Waals surface area contributed by atoms with Crippen molar-refractivity contribution in [1.82, 2.24) is 0 Å². The molecule has 1 aliphatic rings. The second-order valence-electron chi connectivity index (χ2n) is 8.27. The molecule has 32 heavy (non-hydrogen) atoms. The molecule has 5 nitrogen and oxygen atoms in total. The highest BCUT2D eigenvalue weighted by Crippen LogP contribution is 2.22. The van der Waals surface area contributed by atoms with Crippen LogP contribution in [0.2, 0.25) is 0 Å². The third-order valence-corrected chi connectivity index (χ3v) is 6.07. The van der Waals surface area contributed by atoms with Gasteiger partial charge in [-0.3, -0.25) is 4.90 Å². The van der Waals surface area contributed by atoms with E-state index in [1.165, 1.54) is 21.7 Å². The molecular formula is C25H38Cl2N2O3. The van der Waals surface area contributed by atoms with Crippen LogP contribution in [0.1, 0.15) is 24.5 Å². The molecule has 180 valence electrons. The lowest BCUT2D eigenvalue weighted by Crippen LogP contribution is -3.28. The lowest BCUT2D eigenvalue weighted by molar-refractivity contribution is -1.00. The summed E-state index contributed by atoms with van der Waals surface area (Å²) in [5.74, 6) is 2.01. The highest BCUT2D eigenvalue weighted by Gasteiger charge is 2.32. The van der Waals surface area contributed by atoms with E-state index in [1.54, 1.807) is 12.0 Å². The van der Waals surface area contributed by atoms with Gasteiger partial charge in [-0.2, -0.15) is 0 Å². The fourth-order valence-corrected chi connectivity index (χ4v) is 4.35. The van der Waals surface area contributed by atoms with Gasteiger partial charge in [0.2, 0.25) is 0 Å². The smallest absolute Gasteiger partial charge is 0.179 e. The highest BCUT2D eigenvalue weighted by atomic mass is 35.5. The average Bonchev–Trinajstić information content (AvgIpc) is 2.78. The summed E-state index contributed by atoms with van der Waals surface area (Å²) in [5, 5.41) is 0. The van der Waals surface area contributed by atoms with Gasteiger partial charge in [-0.15, -0.1) is 0 Å². The predicted molar refractivity (Wildman–Crippen MR) is 120 cm³/mol. The summed E-state index contributed by atoms with van der Waals surface area (Å²) < 4.78 is 17.9. The van der Waals surface area contributed by atoms with Crippen LogP contribution in [0, 0.1) is 13.8 Å². The Bertz CT molecular complexity index is 778. The normalized spacial score (nSPS) is 18.8. The van der Waals surface area contributed by atoms with Gasteiger partial charge in [0, 0.05) is 12.7 Å². The van der Waals surface area contributed by atoms with Crippen LogP contribution in [0.15, 0.2) is 42.5 Å². The number of para-hydroxylation sites is 3. The number of quaternary nitrogens is 2. The molecule has 2 aromatic carbocycles. The van der Waals surface area contributed by atoms with E-state index in [2.05, 4.69) is 57.2 Å². The van der Waals surface area contributed by atoms with E-state index in [0.717, 1.165) is 57.3 Å². The zero-order valence-corrected chi connectivity index (χ0v) is 21.3. The van der Waals surface area contributed by atoms with Crippen LogP contribution in [0.3, 0.4) is 0 Å². The first-order chi connectivity index (χ1) is 14.6. The van der Waals surface area contributed by atoms with Gasteiger partial charge >= 0.3 is 0 Å². The Labute approximate surface area is 205 Å². The SMILES string of the molecule is CCCOCC(COc1c(C)cccc1C)[NH+]1CC[NH+](c2ccccc2OC)CC1.[Cl-].[Cl-]. The summed E-state index contributed by atoms with van der Waals surface area (Å²) >= 11 is 0. The standard InChI is InChI=1S/C25H36N2O3.2ClH/c1-5-17-29-18-22(19-30-25-20(2)9-8-10-21(25)3)26-13-15-27(16-14-26)23-11-6-7-12-24(23)28-4;;/h6-12,22H,5,13-19H2,1-4H3;2*1H. The predicted octanol–water partition coefficient (Wildman–Crippen LogP) is -4.39. The summed E-state index contributed by atoms with van der Waals surface area (Å²) in [6.45, 7) is 13.0. The van der Waals surface area contributed by atoms with Crippen LogP contribution in [-0.2, 0) is 4.74 Å². The van der Waals surface area contributed by atoms with Crippen LogP contribution in [0.4, 0.5) is 5.69 Å². The van der Waals surface area contributed by atoms with Gasteiger partial charge in [-0.1, -0.05) is 37.3 Å². The number of piperazine rings is 1. The molecule has 1 heterocycles. The molecule has 0 aromatic heterocycles. The molecule has 0 bridgehead atoms. The first kappa shape index (κ1) is 28.5. The Morgan fingerprint density at radius 2 is 1.53 bits per heavy atom. The molecule has 2 N–H and O–H groups in total. The van der Waals surface area contributed by atoms with Gasteiger partial charge < -0.3 is 43.9 Å². The Hall–Kier alpha value is -1.50. The number of methoxy groups -OCH3 is 1. The van der Waals surface area contributed by atoms with Crippen molar-refractivity contribution in [1.29, 1.82) is 0 Å². The molecule has 0 saturated carbocycles. The van der Waals surface area contributed by atoms with Crippen molar-refractivity contribution in [2.45, 2.75) is 33.2 Å². The summed E-state index contributed by atoms with van der Waals surface area (Å²) in [5.41, 5.74) is 3.66. The average molecular weight is 485 g/mol. The number of hydrogen-bond acceptors (Lipinski definition) is 3. The van der Waals surface area contributed by atoms with Gasteiger partial charge in [0.25, 0.3) is 0 Å². The maximum atomic E-state index is 6.33. The van der Waals surface area contributed by atoms with Crippen LogP contribution in [-0.4, -0.2) is 59.2 Å². The quantitative estimate of drug-likeness (QED) is 0.334. The molecule has 0 aliphatic carbocycles. The summed E-state index contributed by atoms with van der Waals surface area (Å²) in [6, 6.07) is 15.0. The fourth-order valence-electron chi connectivity index (χ4n) is 4.35. The van der Waals surface area contributed by atoms with Crippen molar-refractivity contribution in [2.24, 2.45) is 0 Å². The molecular weight excluding hydrogens is 447 g/mol. The van der Waals surface area contributed by atoms with Gasteiger partial charge in [-0.05, 0) is 37.5 Å². The first-order valence-corrected chi connectivity index (χ1v) is 11.2. The molecule has 1 saturated heterocycles. The lowest BCUT2D eigenvalue weighted by Gasteiger charge is -2.34. The largest absolute Gasteiger partial charge is 1.00 e. The molecule has 1 fully saturated rings. The first-order valence-electron chi connectivity index (χ1n) is 11.2. The maximum absolute atomic E-state index is 6.33. The Balaban J connectivity index is 0.00000256. The molecule has 1 aliphatic heterocycles. The van der Waals surface area contributed by atoms with Crippen LogP contribution in [0.5, 0.6) is 11.5 Å². The Morgan fingerprint density at radius 3 is 2.16 bits per heavy atom. The van der Waals surface area contributed by atoms with Crippen molar-refractivity contribution in [3.8, 4) is 11.5 Å². The summed E-state index contributed by atoms with van der Waals surface area (Å²) in [7, 11) is 1.76. The topological polar surface area (TPSA) is 36.6 Å². The summed E-state index contributed by atoms with van der Waals surface area (Å²) in [4.78, 5) is 3.08. The minimum absolute atomic E-state index is 0. The van der Waals surface area contributed by atoms with Gasteiger partial charge in [0.05, 0.1) is 7.11 Å². The van der Waals surface area contributed by atoms with Crippen LogP contribution < -0.4 is 44.1 Å². The number of hydrogen-bond donors (Lipinski definition) is 2. The molecule has 7 heteroatoms. The van der Waals surface area contributed by atoms with E-state index in [9.17, 15) is 0 Å². The molecule has 1 atom stereocenters. The van der Waals surface area contributed by atoms with Gasteiger partial charge in [0.15, 0.2) is 11.4 Å². The molecule has 3 rings (SSSR count). The van der Waals surface area contributed by atoms with E-state index in [4.69, 9.17) is 14.2 Å². The number of ether oxygens (including phenoxy) is 3. The van der Waals surface area contributed by atoms with Crippen LogP contribution in [0.25, 0.3) is 0 Å². The molecule has 0 radical (unpaired) electrons. The second-order valence-corrected chi connectivity index (χ2v) is 8.27. The molecule has 1 unspecified atom stereocenters. The Kier molecular flexibility index (Phi) is 13.0. The fraction of sp³-hybridized carbons (Fsp3) is 0.520. The number of rotatable bonds is 10. The Morgan fingerprint density at radius 1 is 0.875 bits per heavy atom. The van der Waals surface area contributed by atoms with Gasteiger partial charge in [0.1, 0.15) is 51.2 Å². The maximum Gasteiger partial charge on any atom is 0.179 e. The third-order valence-electron chi connectivity index (χ3n) is 6.07. The number of benzene rings is 2. The van der Waals surface area contributed by atoms with Crippen molar-refractivity contribution < 1.29 is 48.8 Å². The number of nitrogens with one attached hydrogen (secondary N) is 2. The minimum atomic E-state index is 0. The van der Waals surface area contributed by atoms with Crippen molar-refractivity contribution >= 4 is 5.69 Å². The lowest BCUT2D eigenvalue weighted by atomic mass is 10.1. The molecule has 0 spiro atoms. The number of halogens is 2. The van der Waals surface area contributed by atoms with E-state index >= 15 is 0 Å². The minimum Gasteiger partial charge on any atom is -1.00 e. The second kappa shape index (κ2) is 14.6. The highest BCUT2D eigenvalue weighted by molar-refractivity contribution is 5.45. The van der Waals surface area contributed by atoms with Gasteiger partial charge in [-0.25, -0.2) is 0 Å². The van der Waals surface area contributed by atoms with Crippen molar-refractivity contribution in [3.05, 3.63) is 53.6 Å². The third kappa shape index (κ3) is 7.53. The van der Waals surface area contributed by atoms with Crippen molar-refractivity contribution in [3.63, 3.8) is 0 Å². The molecule has 2 aromatic rings. The van der Waals surface area contributed by atoms with E-state index in [1.807, 2.05) is 6.07 Å².